The van der Waals surface area contributed by atoms with Crippen LogP contribution in [-0.4, -0.2) is 4.98 Å². The second-order valence-electron chi connectivity index (χ2n) is 7.37. The van der Waals surface area contributed by atoms with E-state index in [1.54, 1.807) is 0 Å². The first kappa shape index (κ1) is 14.5. The van der Waals surface area contributed by atoms with Gasteiger partial charge in [-0.05, 0) is 34.6 Å². The van der Waals surface area contributed by atoms with Crippen LogP contribution >= 0.6 is 0 Å². The van der Waals surface area contributed by atoms with Crippen LogP contribution in [0.1, 0.15) is 52.8 Å². The Kier molecular flexibility index (Phi) is 3.34. The first-order valence-corrected chi connectivity index (χ1v) is 6.96. The lowest BCUT2D eigenvalue weighted by Crippen LogP contribution is -2.18. The lowest BCUT2D eigenvalue weighted by Gasteiger charge is -2.26. The van der Waals surface area contributed by atoms with E-state index in [0.717, 1.165) is 16.6 Å². The maximum atomic E-state index is 7.19. The third-order valence-corrected chi connectivity index (χ3v) is 3.50. The number of aromatic nitrogens is 1. The number of hydrogen-bond acceptors (Lipinski definition) is 1. The van der Waals surface area contributed by atoms with Crippen LogP contribution in [0, 0.1) is 6.57 Å². The van der Waals surface area contributed by atoms with Crippen molar-refractivity contribution in [1.82, 2.24) is 4.98 Å². The number of nitrogens with zero attached hydrogens (tertiary/aromatic N) is 2. The van der Waals surface area contributed by atoms with Crippen molar-refractivity contribution in [2.75, 3.05) is 0 Å². The summed E-state index contributed by atoms with van der Waals surface area (Å²) in [5, 5.41) is 1.10. The average molecular weight is 266 g/mol. The fourth-order valence-electron chi connectivity index (χ4n) is 2.29. The third kappa shape index (κ3) is 2.67. The molecule has 0 spiro atoms. The number of fused-ring (bicyclic) bond motifs is 1. The highest BCUT2D eigenvalue weighted by Gasteiger charge is 2.23. The minimum atomic E-state index is 0.0205. The van der Waals surface area contributed by atoms with Crippen molar-refractivity contribution >= 4 is 16.6 Å². The molecule has 0 radical (unpaired) electrons. The Morgan fingerprint density at radius 2 is 1.60 bits per heavy atom. The minimum absolute atomic E-state index is 0.0205. The molecule has 0 atom stereocenters. The zero-order valence-corrected chi connectivity index (χ0v) is 13.2. The third-order valence-electron chi connectivity index (χ3n) is 3.50. The molecule has 1 aromatic heterocycles. The summed E-state index contributed by atoms with van der Waals surface area (Å²) in [5.41, 5.74) is 4.07. The molecule has 1 heterocycles. The molecule has 2 rings (SSSR count). The second-order valence-corrected chi connectivity index (χ2v) is 7.37. The zero-order valence-electron chi connectivity index (χ0n) is 13.2. The average Bonchev–Trinajstić information content (AvgIpc) is 2.34. The summed E-state index contributed by atoms with van der Waals surface area (Å²) in [7, 11) is 0. The largest absolute Gasteiger partial charge is 0.252 e. The van der Waals surface area contributed by atoms with Gasteiger partial charge in [-0.1, -0.05) is 47.6 Å². The second kappa shape index (κ2) is 4.59. The Labute approximate surface area is 121 Å². The molecule has 0 N–H and O–H groups in total. The van der Waals surface area contributed by atoms with Gasteiger partial charge in [-0.3, -0.25) is 4.98 Å². The molecule has 2 nitrogen and oxygen atoms in total. The normalized spacial score (nSPS) is 12.4. The van der Waals surface area contributed by atoms with E-state index in [4.69, 9.17) is 11.6 Å². The van der Waals surface area contributed by atoms with Gasteiger partial charge in [0.15, 0.2) is 5.69 Å². The van der Waals surface area contributed by atoms with Gasteiger partial charge in [0.1, 0.15) is 0 Å². The summed E-state index contributed by atoms with van der Waals surface area (Å²) in [5.74, 6) is 0. The van der Waals surface area contributed by atoms with Crippen molar-refractivity contribution in [2.24, 2.45) is 0 Å². The highest BCUT2D eigenvalue weighted by Crippen LogP contribution is 2.34. The van der Waals surface area contributed by atoms with E-state index < -0.39 is 0 Å². The lowest BCUT2D eigenvalue weighted by atomic mass is 9.81. The molecule has 0 fully saturated rings. The summed E-state index contributed by atoms with van der Waals surface area (Å²) in [6, 6.07) is 7.98. The number of benzene rings is 1. The first-order valence-electron chi connectivity index (χ1n) is 6.96. The van der Waals surface area contributed by atoms with E-state index in [1.165, 1.54) is 5.56 Å². The number of rotatable bonds is 0. The molecular formula is C18H22N2. The SMILES string of the molecule is [C-]#[N+]c1ccc2nc(C(C)(C)C)cc(C(C)(C)C)c2c1. The highest BCUT2D eigenvalue weighted by atomic mass is 14.7. The van der Waals surface area contributed by atoms with E-state index in [9.17, 15) is 0 Å². The van der Waals surface area contributed by atoms with Gasteiger partial charge < -0.3 is 0 Å². The Morgan fingerprint density at radius 1 is 0.950 bits per heavy atom. The van der Waals surface area contributed by atoms with Crippen LogP contribution in [-0.2, 0) is 10.8 Å². The molecular weight excluding hydrogens is 244 g/mol. The summed E-state index contributed by atoms with van der Waals surface area (Å²) in [6.07, 6.45) is 0. The molecule has 0 bridgehead atoms. The molecule has 0 saturated heterocycles. The molecule has 2 aromatic rings. The van der Waals surface area contributed by atoms with Crippen molar-refractivity contribution in [2.45, 2.75) is 52.4 Å². The van der Waals surface area contributed by atoms with E-state index >= 15 is 0 Å². The minimum Gasteiger partial charge on any atom is -0.252 e. The van der Waals surface area contributed by atoms with E-state index in [-0.39, 0.29) is 10.8 Å². The van der Waals surface area contributed by atoms with Crippen LogP contribution in [0.3, 0.4) is 0 Å². The molecule has 20 heavy (non-hydrogen) atoms. The Morgan fingerprint density at radius 3 is 2.10 bits per heavy atom. The number of pyridine rings is 1. The van der Waals surface area contributed by atoms with Crippen LogP contribution in [0.15, 0.2) is 24.3 Å². The van der Waals surface area contributed by atoms with Gasteiger partial charge in [0.25, 0.3) is 0 Å². The van der Waals surface area contributed by atoms with Crippen LogP contribution in [0.5, 0.6) is 0 Å². The maximum Gasteiger partial charge on any atom is 0.188 e. The Balaban J connectivity index is 2.86. The molecule has 0 amide bonds. The first-order chi connectivity index (χ1) is 9.13. The van der Waals surface area contributed by atoms with E-state index in [1.807, 2.05) is 18.2 Å². The van der Waals surface area contributed by atoms with E-state index in [2.05, 4.69) is 52.5 Å². The van der Waals surface area contributed by atoms with Crippen molar-refractivity contribution in [3.63, 3.8) is 0 Å². The van der Waals surface area contributed by atoms with Crippen molar-refractivity contribution in [3.8, 4) is 0 Å². The number of hydrogen-bond donors (Lipinski definition) is 0. The Bertz CT molecular complexity index is 692. The molecule has 2 heteroatoms. The molecule has 0 aliphatic rings. The summed E-state index contributed by atoms with van der Waals surface area (Å²) >= 11 is 0. The van der Waals surface area contributed by atoms with Gasteiger partial charge in [-0.15, -0.1) is 0 Å². The van der Waals surface area contributed by atoms with Gasteiger partial charge in [0.05, 0.1) is 12.1 Å². The summed E-state index contributed by atoms with van der Waals surface area (Å²) in [6.45, 7) is 20.4. The monoisotopic (exact) mass is 266 g/mol. The molecule has 1 aromatic carbocycles. The van der Waals surface area contributed by atoms with Crippen LogP contribution in [0.2, 0.25) is 0 Å². The molecule has 0 aliphatic heterocycles. The Hall–Kier alpha value is -1.88. The van der Waals surface area contributed by atoms with Gasteiger partial charge in [0.2, 0.25) is 0 Å². The van der Waals surface area contributed by atoms with Gasteiger partial charge in [-0.25, -0.2) is 4.85 Å². The molecule has 0 saturated carbocycles. The maximum absolute atomic E-state index is 7.19. The topological polar surface area (TPSA) is 17.2 Å². The van der Waals surface area contributed by atoms with Crippen LogP contribution < -0.4 is 0 Å². The predicted octanol–water partition coefficient (Wildman–Crippen LogP) is 5.38. The molecule has 0 unspecified atom stereocenters. The summed E-state index contributed by atoms with van der Waals surface area (Å²) in [4.78, 5) is 8.33. The van der Waals surface area contributed by atoms with Crippen molar-refractivity contribution in [3.05, 3.63) is 46.9 Å². The van der Waals surface area contributed by atoms with E-state index in [0.29, 0.717) is 5.69 Å². The van der Waals surface area contributed by atoms with Crippen LogP contribution in [0.4, 0.5) is 5.69 Å². The fraction of sp³-hybridized carbons (Fsp3) is 0.444. The predicted molar refractivity (Wildman–Crippen MR) is 85.4 cm³/mol. The van der Waals surface area contributed by atoms with Crippen molar-refractivity contribution < 1.29 is 0 Å². The van der Waals surface area contributed by atoms with Gasteiger partial charge in [0, 0.05) is 11.1 Å². The molecule has 104 valence electrons. The quantitative estimate of drug-likeness (QED) is 0.585. The van der Waals surface area contributed by atoms with Crippen molar-refractivity contribution in [1.29, 1.82) is 0 Å². The highest BCUT2D eigenvalue weighted by molar-refractivity contribution is 5.87. The van der Waals surface area contributed by atoms with Crippen LogP contribution in [0.25, 0.3) is 15.7 Å². The summed E-state index contributed by atoms with van der Waals surface area (Å²) < 4.78 is 0. The molecule has 0 aliphatic carbocycles. The smallest absolute Gasteiger partial charge is 0.188 e. The fourth-order valence-corrected chi connectivity index (χ4v) is 2.29. The standard InChI is InChI=1S/C18H22N2/c1-17(2,3)14-11-16(18(4,5)6)20-15-9-8-12(19-7)10-13(14)15/h8-11H,1-6H3. The van der Waals surface area contributed by atoms with Gasteiger partial charge >= 0.3 is 0 Å². The zero-order chi connectivity index (χ0) is 15.1. The lowest BCUT2D eigenvalue weighted by molar-refractivity contribution is 0.558. The van der Waals surface area contributed by atoms with Gasteiger partial charge in [-0.2, -0.15) is 0 Å².